The van der Waals surface area contributed by atoms with Gasteiger partial charge >= 0.3 is 0 Å². The van der Waals surface area contributed by atoms with Crippen LogP contribution in [0.15, 0.2) is 76.7 Å². The summed E-state index contributed by atoms with van der Waals surface area (Å²) in [4.78, 5) is -0.431. The quantitative estimate of drug-likeness (QED) is 0.177. The highest BCUT2D eigenvalue weighted by molar-refractivity contribution is 7.92. The van der Waals surface area contributed by atoms with E-state index in [2.05, 4.69) is 0 Å². The Balaban J connectivity index is 1.52. The maximum Gasteiger partial charge on any atom is 0.185 e. The Morgan fingerprint density at radius 3 is 2.02 bits per heavy atom. The number of phenolic OH excluding ortho intramolecular Hbond substituents is 2. The highest BCUT2D eigenvalue weighted by Crippen LogP contribution is 2.42. The van der Waals surface area contributed by atoms with E-state index in [0.717, 1.165) is 11.6 Å². The first-order chi connectivity index (χ1) is 21.2. The molecule has 5 rings (SSSR count). The highest BCUT2D eigenvalue weighted by Gasteiger charge is 2.35. The van der Waals surface area contributed by atoms with E-state index in [9.17, 15) is 18.6 Å². The minimum Gasteiger partial charge on any atom is -0.506 e. The van der Waals surface area contributed by atoms with E-state index in [0.29, 0.717) is 32.9 Å². The summed E-state index contributed by atoms with van der Waals surface area (Å²) >= 11 is 43.4. The first-order valence-corrected chi connectivity index (χ1v) is 17.6. The number of hydrazone groups is 1. The summed E-state index contributed by atoms with van der Waals surface area (Å²) in [6, 6.07) is 17.4. The summed E-state index contributed by atoms with van der Waals surface area (Å²) < 4.78 is 28.2. The Bertz CT molecular complexity index is 1900. The monoisotopic (exact) mass is 764 g/mol. The van der Waals surface area contributed by atoms with E-state index in [1.165, 1.54) is 18.2 Å². The molecule has 45 heavy (non-hydrogen) atoms. The molecule has 0 amide bonds. The van der Waals surface area contributed by atoms with Gasteiger partial charge < -0.3 is 10.2 Å². The van der Waals surface area contributed by atoms with Gasteiger partial charge in [-0.15, -0.1) is 0 Å². The number of halogens is 7. The second-order valence-corrected chi connectivity index (χ2v) is 15.6. The molecular formula is C31H23Cl7N2O4S. The predicted molar refractivity (Wildman–Crippen MR) is 185 cm³/mol. The Morgan fingerprint density at radius 2 is 1.36 bits per heavy atom. The van der Waals surface area contributed by atoms with Crippen LogP contribution in [0, 0.1) is 0 Å². The number of nitrogens with zero attached hydrogens (tertiary/aromatic N) is 2. The summed E-state index contributed by atoms with van der Waals surface area (Å²) in [6.45, 7) is 0. The van der Waals surface area contributed by atoms with Crippen molar-refractivity contribution in [1.29, 1.82) is 0 Å². The number of hydrogen-bond acceptors (Lipinski definition) is 6. The van der Waals surface area contributed by atoms with Crippen molar-refractivity contribution < 1.29 is 18.6 Å². The van der Waals surface area contributed by atoms with Gasteiger partial charge in [0.05, 0.1) is 32.0 Å². The third-order valence-electron chi connectivity index (χ3n) is 7.43. The number of aromatic hydroxyl groups is 2. The van der Waals surface area contributed by atoms with E-state index in [1.54, 1.807) is 35.3 Å². The van der Waals surface area contributed by atoms with Gasteiger partial charge in [-0.3, -0.25) is 5.01 Å². The fraction of sp³-hybridized carbons (Fsp3) is 0.194. The highest BCUT2D eigenvalue weighted by atomic mass is 35.5. The first kappa shape index (κ1) is 34.3. The molecule has 0 aromatic heterocycles. The molecule has 0 saturated heterocycles. The van der Waals surface area contributed by atoms with Gasteiger partial charge in [0, 0.05) is 32.2 Å². The molecule has 2 atom stereocenters. The smallest absolute Gasteiger partial charge is 0.185 e. The Labute approximate surface area is 295 Å². The SMILES string of the molecule is O=S(=O)(c1cc(Cl)cc(Cl)c1O)C(CCC1=NN(c2ccc(Cl)cc2Cl)C(c2ccc(Cl)cc2)C1)Cc1cc(Cl)cc(Cl)c1O. The van der Waals surface area contributed by atoms with E-state index < -0.39 is 25.7 Å². The summed E-state index contributed by atoms with van der Waals surface area (Å²) in [5.41, 5.74) is 2.46. The van der Waals surface area contributed by atoms with Crippen LogP contribution < -0.4 is 5.01 Å². The van der Waals surface area contributed by atoms with Gasteiger partial charge in [0.1, 0.15) is 10.6 Å². The molecule has 0 saturated carbocycles. The lowest BCUT2D eigenvalue weighted by atomic mass is 9.98. The van der Waals surface area contributed by atoms with Crippen LogP contribution in [0.1, 0.15) is 36.4 Å². The number of rotatable bonds is 9. The molecule has 6 nitrogen and oxygen atoms in total. The molecule has 0 radical (unpaired) electrons. The second kappa shape index (κ2) is 14.0. The van der Waals surface area contributed by atoms with Crippen molar-refractivity contribution in [2.24, 2.45) is 5.10 Å². The molecule has 0 spiro atoms. The van der Waals surface area contributed by atoms with Crippen LogP contribution >= 0.6 is 81.2 Å². The number of hydrogen-bond donors (Lipinski definition) is 2. The van der Waals surface area contributed by atoms with Gasteiger partial charge in [0.15, 0.2) is 15.6 Å². The molecule has 2 unspecified atom stereocenters. The molecule has 0 aliphatic carbocycles. The molecule has 1 aliphatic rings. The minimum atomic E-state index is -4.29. The molecule has 4 aromatic rings. The normalized spacial score (nSPS) is 15.8. The molecular weight excluding hydrogens is 745 g/mol. The van der Waals surface area contributed by atoms with Crippen LogP contribution in [-0.4, -0.2) is 29.6 Å². The van der Waals surface area contributed by atoms with E-state index in [-0.39, 0.29) is 56.7 Å². The molecule has 1 aliphatic heterocycles. The van der Waals surface area contributed by atoms with Gasteiger partial charge in [-0.05, 0) is 85.0 Å². The number of sulfone groups is 1. The van der Waals surface area contributed by atoms with Crippen molar-refractivity contribution in [2.75, 3.05) is 5.01 Å². The van der Waals surface area contributed by atoms with E-state index in [1.807, 2.05) is 12.1 Å². The van der Waals surface area contributed by atoms with Crippen LogP contribution in [0.4, 0.5) is 5.69 Å². The van der Waals surface area contributed by atoms with Gasteiger partial charge in [-0.1, -0.05) is 93.3 Å². The fourth-order valence-corrected chi connectivity index (χ4v) is 8.84. The largest absolute Gasteiger partial charge is 0.506 e. The summed E-state index contributed by atoms with van der Waals surface area (Å²) in [7, 11) is -4.29. The average Bonchev–Trinajstić information content (AvgIpc) is 3.39. The molecule has 0 fully saturated rings. The van der Waals surface area contributed by atoms with Crippen LogP contribution in [0.3, 0.4) is 0 Å². The Hall–Kier alpha value is -2.07. The van der Waals surface area contributed by atoms with Crippen molar-refractivity contribution in [3.05, 3.63) is 113 Å². The molecule has 0 bridgehead atoms. The van der Waals surface area contributed by atoms with Gasteiger partial charge in [-0.2, -0.15) is 5.10 Å². The van der Waals surface area contributed by atoms with Crippen molar-refractivity contribution in [3.63, 3.8) is 0 Å². The lowest BCUT2D eigenvalue weighted by molar-refractivity contribution is 0.457. The van der Waals surface area contributed by atoms with Crippen LogP contribution in [0.5, 0.6) is 11.5 Å². The topological polar surface area (TPSA) is 90.2 Å². The Kier molecular flexibility index (Phi) is 10.6. The van der Waals surface area contributed by atoms with Gasteiger partial charge in [0.2, 0.25) is 0 Å². The lowest BCUT2D eigenvalue weighted by Gasteiger charge is -2.25. The van der Waals surface area contributed by atoms with E-state index in [4.69, 9.17) is 86.3 Å². The summed E-state index contributed by atoms with van der Waals surface area (Å²) in [6.07, 6.45) is 0.554. The van der Waals surface area contributed by atoms with Crippen LogP contribution in [0.2, 0.25) is 35.2 Å². The van der Waals surface area contributed by atoms with Gasteiger partial charge in [-0.25, -0.2) is 8.42 Å². The summed E-state index contributed by atoms with van der Waals surface area (Å²) in [5.74, 6) is -0.914. The maximum absolute atomic E-state index is 14.1. The van der Waals surface area contributed by atoms with Crippen molar-refractivity contribution >= 4 is 102 Å². The predicted octanol–water partition coefficient (Wildman–Crippen LogP) is 10.8. The molecule has 4 aromatic carbocycles. The fourth-order valence-electron chi connectivity index (χ4n) is 5.21. The third kappa shape index (κ3) is 7.58. The van der Waals surface area contributed by atoms with Gasteiger partial charge in [0.25, 0.3) is 0 Å². The third-order valence-corrected chi connectivity index (χ3v) is 11.4. The van der Waals surface area contributed by atoms with Crippen LogP contribution in [-0.2, 0) is 16.3 Å². The van der Waals surface area contributed by atoms with Crippen molar-refractivity contribution in [1.82, 2.24) is 0 Å². The average molecular weight is 768 g/mol. The van der Waals surface area contributed by atoms with Crippen molar-refractivity contribution in [3.8, 4) is 11.5 Å². The molecule has 236 valence electrons. The zero-order valence-corrected chi connectivity index (χ0v) is 29.1. The molecule has 2 N–H and O–H groups in total. The Morgan fingerprint density at radius 1 is 0.756 bits per heavy atom. The van der Waals surface area contributed by atoms with Crippen molar-refractivity contribution in [2.45, 2.75) is 41.9 Å². The molecule has 1 heterocycles. The first-order valence-electron chi connectivity index (χ1n) is 13.4. The van der Waals surface area contributed by atoms with Crippen LogP contribution in [0.25, 0.3) is 0 Å². The standard InChI is InChI=1S/C31H23Cl7N2O4S/c32-18-3-1-16(2-4-18)28-15-22(39-40(28)27-8-5-19(33)11-24(27)36)6-7-23(10-17-9-20(34)12-25(37)30(17)41)45(43,44)29-14-21(35)13-26(38)31(29)42/h1-5,8-9,11-14,23,28,41-42H,6-7,10,15H2. The summed E-state index contributed by atoms with van der Waals surface area (Å²) in [5, 5.41) is 28.3. The lowest BCUT2D eigenvalue weighted by Crippen LogP contribution is -2.25. The number of anilines is 1. The minimum absolute atomic E-state index is 0.0243. The van der Waals surface area contributed by atoms with E-state index >= 15 is 0 Å². The molecule has 14 heteroatoms. The second-order valence-electron chi connectivity index (χ2n) is 10.4. The zero-order valence-electron chi connectivity index (χ0n) is 23.0. The zero-order chi connectivity index (χ0) is 32.6. The number of phenols is 2. The number of benzene rings is 4. The maximum atomic E-state index is 14.1.